The van der Waals surface area contributed by atoms with Crippen molar-refractivity contribution in [3.8, 4) is 0 Å². The summed E-state index contributed by atoms with van der Waals surface area (Å²) in [7, 11) is 0. The van der Waals surface area contributed by atoms with Gasteiger partial charge in [-0.15, -0.1) is 0 Å². The Morgan fingerprint density at radius 2 is 1.38 bits per heavy atom. The van der Waals surface area contributed by atoms with Crippen molar-refractivity contribution in [1.82, 2.24) is 0 Å². The molecule has 0 heterocycles. The van der Waals surface area contributed by atoms with Crippen LogP contribution >= 0.6 is 15.9 Å². The van der Waals surface area contributed by atoms with Crippen LogP contribution in [0.3, 0.4) is 0 Å². The van der Waals surface area contributed by atoms with E-state index < -0.39 is 5.60 Å². The maximum Gasteiger partial charge on any atom is 0.134 e. The van der Waals surface area contributed by atoms with Crippen molar-refractivity contribution in [3.63, 3.8) is 0 Å². The molecule has 0 spiro atoms. The Morgan fingerprint density at radius 3 is 1.90 bits per heavy atom. The molecule has 0 aliphatic heterocycles. The molecule has 0 saturated heterocycles. The number of benzene rings is 1. The number of hydrogen-bond acceptors (Lipinski definition) is 1. The van der Waals surface area contributed by atoms with E-state index >= 15 is 0 Å². The fourth-order valence-electron chi connectivity index (χ4n) is 3.81. The Labute approximate surface area is 133 Å². The van der Waals surface area contributed by atoms with Gasteiger partial charge in [0.1, 0.15) is 5.60 Å². The Bertz CT molecular complexity index is 678. The molecule has 3 aliphatic carbocycles. The van der Waals surface area contributed by atoms with Crippen LogP contribution in [-0.4, -0.2) is 5.11 Å². The first-order valence-corrected chi connectivity index (χ1v) is 8.29. The third kappa shape index (κ3) is 1.86. The number of hydrogen-bond donors (Lipinski definition) is 1. The minimum absolute atomic E-state index is 0.902. The van der Waals surface area contributed by atoms with Crippen LogP contribution in [0.2, 0.25) is 0 Å². The van der Waals surface area contributed by atoms with E-state index in [1.54, 1.807) is 0 Å². The third-order valence-corrected chi connectivity index (χ3v) is 5.30. The van der Waals surface area contributed by atoms with Crippen LogP contribution in [0.15, 0.2) is 75.3 Å². The van der Waals surface area contributed by atoms with Crippen LogP contribution in [0.5, 0.6) is 0 Å². The fourth-order valence-corrected chi connectivity index (χ4v) is 4.07. The summed E-state index contributed by atoms with van der Waals surface area (Å²) in [6.45, 7) is 0. The van der Waals surface area contributed by atoms with Crippen LogP contribution in [0.1, 0.15) is 31.2 Å². The smallest absolute Gasteiger partial charge is 0.134 e. The number of allylic oxidation sites excluding steroid dienone is 6. The number of rotatable bonds is 1. The molecule has 1 nitrogen and oxygen atoms in total. The molecule has 3 aliphatic rings. The van der Waals surface area contributed by atoms with Crippen molar-refractivity contribution < 1.29 is 5.11 Å². The fraction of sp³-hybridized carbons (Fsp3) is 0.263. The molecular weight excluding hydrogens is 324 g/mol. The lowest BCUT2D eigenvalue weighted by atomic mass is 9.78. The Morgan fingerprint density at radius 1 is 0.857 bits per heavy atom. The van der Waals surface area contributed by atoms with E-state index in [1.807, 2.05) is 24.3 Å². The highest BCUT2D eigenvalue weighted by molar-refractivity contribution is 9.10. The first-order chi connectivity index (χ1) is 10.2. The van der Waals surface area contributed by atoms with Crippen molar-refractivity contribution in [1.29, 1.82) is 0 Å². The SMILES string of the molecule is OC1(c2ccc(Br)cc2)C2=C(C=CCC2)C2=C1CCC=C2. The molecule has 0 aromatic heterocycles. The number of halogens is 1. The minimum Gasteiger partial charge on any atom is -0.377 e. The first-order valence-electron chi connectivity index (χ1n) is 7.50. The molecule has 106 valence electrons. The first kappa shape index (κ1) is 13.3. The summed E-state index contributed by atoms with van der Waals surface area (Å²) in [4.78, 5) is 0. The summed E-state index contributed by atoms with van der Waals surface area (Å²) in [5.41, 5.74) is 4.96. The van der Waals surface area contributed by atoms with E-state index in [0.717, 1.165) is 35.7 Å². The van der Waals surface area contributed by atoms with Crippen LogP contribution in [0.25, 0.3) is 0 Å². The molecule has 2 heteroatoms. The summed E-state index contributed by atoms with van der Waals surface area (Å²) in [5, 5.41) is 11.6. The van der Waals surface area contributed by atoms with Gasteiger partial charge in [0.25, 0.3) is 0 Å². The van der Waals surface area contributed by atoms with Gasteiger partial charge in [0.2, 0.25) is 0 Å². The minimum atomic E-state index is -0.902. The quantitative estimate of drug-likeness (QED) is 0.767. The molecule has 0 bridgehead atoms. The monoisotopic (exact) mass is 340 g/mol. The molecule has 0 unspecified atom stereocenters. The van der Waals surface area contributed by atoms with Crippen molar-refractivity contribution >= 4 is 15.9 Å². The zero-order valence-corrected chi connectivity index (χ0v) is 13.4. The molecule has 0 amide bonds. The van der Waals surface area contributed by atoms with Gasteiger partial charge in [-0.1, -0.05) is 52.4 Å². The van der Waals surface area contributed by atoms with Gasteiger partial charge in [-0.2, -0.15) is 0 Å². The van der Waals surface area contributed by atoms with Crippen molar-refractivity contribution in [3.05, 3.63) is 80.9 Å². The zero-order chi connectivity index (χ0) is 14.4. The molecule has 0 atom stereocenters. The molecule has 1 aromatic carbocycles. The Hall–Kier alpha value is -1.38. The largest absolute Gasteiger partial charge is 0.377 e. The molecule has 0 radical (unpaired) electrons. The molecule has 1 N–H and O–H groups in total. The third-order valence-electron chi connectivity index (χ3n) is 4.77. The van der Waals surface area contributed by atoms with E-state index in [-0.39, 0.29) is 0 Å². The van der Waals surface area contributed by atoms with E-state index in [9.17, 15) is 5.11 Å². The average molecular weight is 341 g/mol. The van der Waals surface area contributed by atoms with Gasteiger partial charge >= 0.3 is 0 Å². The summed E-state index contributed by atoms with van der Waals surface area (Å²) in [6.07, 6.45) is 12.8. The second-order valence-electron chi connectivity index (χ2n) is 5.88. The summed E-state index contributed by atoms with van der Waals surface area (Å²) in [5.74, 6) is 0. The maximum absolute atomic E-state index is 11.6. The van der Waals surface area contributed by atoms with E-state index in [4.69, 9.17) is 0 Å². The van der Waals surface area contributed by atoms with Gasteiger partial charge < -0.3 is 5.11 Å². The molecule has 0 saturated carbocycles. The van der Waals surface area contributed by atoms with Crippen LogP contribution in [0.4, 0.5) is 0 Å². The molecule has 1 aromatic rings. The summed E-state index contributed by atoms with van der Waals surface area (Å²) < 4.78 is 1.04. The predicted molar refractivity (Wildman–Crippen MR) is 88.8 cm³/mol. The van der Waals surface area contributed by atoms with Crippen molar-refractivity contribution in [2.75, 3.05) is 0 Å². The lowest BCUT2D eigenvalue weighted by Crippen LogP contribution is -2.29. The maximum atomic E-state index is 11.6. The van der Waals surface area contributed by atoms with Gasteiger partial charge in [0.05, 0.1) is 0 Å². The lowest BCUT2D eigenvalue weighted by Gasteiger charge is -2.32. The van der Waals surface area contributed by atoms with Crippen LogP contribution in [-0.2, 0) is 5.60 Å². The van der Waals surface area contributed by atoms with Crippen LogP contribution < -0.4 is 0 Å². The number of aliphatic hydroxyl groups is 1. The summed E-state index contributed by atoms with van der Waals surface area (Å²) in [6, 6.07) is 8.12. The second-order valence-corrected chi connectivity index (χ2v) is 6.80. The van der Waals surface area contributed by atoms with E-state index in [0.29, 0.717) is 0 Å². The van der Waals surface area contributed by atoms with Gasteiger partial charge in [0.15, 0.2) is 0 Å². The second kappa shape index (κ2) is 4.82. The normalized spacial score (nSPS) is 22.6. The Kier molecular flexibility index (Phi) is 3.05. The molecular formula is C19H17BrO. The topological polar surface area (TPSA) is 20.2 Å². The number of fused-ring (bicyclic) bond motifs is 1. The van der Waals surface area contributed by atoms with Crippen molar-refractivity contribution in [2.24, 2.45) is 0 Å². The highest BCUT2D eigenvalue weighted by Gasteiger charge is 2.45. The predicted octanol–water partition coefficient (Wildman–Crippen LogP) is 4.94. The molecule has 0 fully saturated rings. The Balaban J connectivity index is 1.95. The zero-order valence-electron chi connectivity index (χ0n) is 11.8. The highest BCUT2D eigenvalue weighted by Crippen LogP contribution is 2.53. The average Bonchev–Trinajstić information content (AvgIpc) is 2.80. The lowest BCUT2D eigenvalue weighted by molar-refractivity contribution is 0.111. The van der Waals surface area contributed by atoms with E-state index in [1.165, 1.54) is 22.3 Å². The molecule has 4 rings (SSSR count). The molecule has 21 heavy (non-hydrogen) atoms. The van der Waals surface area contributed by atoms with Gasteiger partial charge in [-0.25, -0.2) is 0 Å². The van der Waals surface area contributed by atoms with Crippen LogP contribution in [0, 0.1) is 0 Å². The van der Waals surface area contributed by atoms with Gasteiger partial charge in [-0.3, -0.25) is 0 Å². The van der Waals surface area contributed by atoms with Gasteiger partial charge in [0, 0.05) is 4.47 Å². The summed E-state index contributed by atoms with van der Waals surface area (Å²) >= 11 is 3.48. The van der Waals surface area contributed by atoms with E-state index in [2.05, 4.69) is 40.2 Å². The standard InChI is InChI=1S/C19H17BrO/c20-14-11-9-13(10-12-14)19(21)17-7-3-1-5-15(17)16-6-2-4-8-18(16)19/h1-2,5-6,9-12,21H,3-4,7-8H2. The van der Waals surface area contributed by atoms with Gasteiger partial charge in [-0.05, 0) is 65.7 Å². The van der Waals surface area contributed by atoms with Crippen molar-refractivity contribution in [2.45, 2.75) is 31.3 Å². The highest BCUT2D eigenvalue weighted by atomic mass is 79.9.